The summed E-state index contributed by atoms with van der Waals surface area (Å²) in [4.78, 5) is 12.5. The lowest BCUT2D eigenvalue weighted by atomic mass is 10.1. The lowest BCUT2D eigenvalue weighted by Gasteiger charge is -2.14. The number of amides is 1. The second kappa shape index (κ2) is 11.8. The van der Waals surface area contributed by atoms with E-state index in [4.69, 9.17) is 18.9 Å². The molecule has 1 N–H and O–H groups in total. The first-order valence-corrected chi connectivity index (χ1v) is 10.4. The van der Waals surface area contributed by atoms with Crippen molar-refractivity contribution < 1.29 is 23.7 Å². The van der Waals surface area contributed by atoms with Crippen molar-refractivity contribution >= 4 is 5.91 Å². The molecule has 3 rings (SSSR count). The average molecular weight is 436 g/mol. The van der Waals surface area contributed by atoms with E-state index in [0.717, 1.165) is 22.3 Å². The van der Waals surface area contributed by atoms with Gasteiger partial charge in [-0.1, -0.05) is 54.6 Å². The first-order chi connectivity index (χ1) is 15.6. The fraction of sp³-hybridized carbons (Fsp3) is 0.269. The monoisotopic (exact) mass is 435 g/mol. The van der Waals surface area contributed by atoms with Crippen molar-refractivity contribution in [1.29, 1.82) is 0 Å². The van der Waals surface area contributed by atoms with E-state index in [1.54, 1.807) is 33.5 Å². The quantitative estimate of drug-likeness (QED) is 0.487. The Morgan fingerprint density at radius 3 is 2.00 bits per heavy atom. The number of carbonyl (C=O) groups excluding carboxylic acids is 1. The minimum atomic E-state index is -0.0926. The lowest BCUT2D eigenvalue weighted by molar-refractivity contribution is -0.120. The molecular formula is C26H29NO5. The van der Waals surface area contributed by atoms with Gasteiger partial charge in [-0.25, -0.2) is 0 Å². The van der Waals surface area contributed by atoms with Crippen molar-refractivity contribution in [2.75, 3.05) is 21.3 Å². The van der Waals surface area contributed by atoms with E-state index in [1.807, 2.05) is 54.6 Å². The molecule has 32 heavy (non-hydrogen) atoms. The van der Waals surface area contributed by atoms with Crippen molar-refractivity contribution in [2.45, 2.75) is 26.2 Å². The summed E-state index contributed by atoms with van der Waals surface area (Å²) < 4.78 is 21.8. The van der Waals surface area contributed by atoms with Crippen LogP contribution < -0.4 is 19.5 Å². The van der Waals surface area contributed by atoms with Crippen LogP contribution in [0, 0.1) is 0 Å². The molecule has 6 heteroatoms. The van der Waals surface area contributed by atoms with Crippen LogP contribution in [0.25, 0.3) is 0 Å². The van der Waals surface area contributed by atoms with Crippen molar-refractivity contribution in [3.05, 3.63) is 89.0 Å². The van der Waals surface area contributed by atoms with Crippen LogP contribution in [0.15, 0.2) is 66.7 Å². The summed E-state index contributed by atoms with van der Waals surface area (Å²) in [7, 11) is 4.66. The molecule has 0 bridgehead atoms. The molecule has 1 amide bonds. The highest BCUT2D eigenvalue weighted by atomic mass is 16.5. The number of hydrogen-bond acceptors (Lipinski definition) is 5. The number of ether oxygens (including phenoxy) is 4. The van der Waals surface area contributed by atoms with Crippen LogP contribution in [-0.2, 0) is 35.7 Å². The number of benzene rings is 3. The largest absolute Gasteiger partial charge is 0.493 e. The van der Waals surface area contributed by atoms with Gasteiger partial charge >= 0.3 is 0 Å². The predicted octanol–water partition coefficient (Wildman–Crippen LogP) is 4.29. The van der Waals surface area contributed by atoms with Crippen LogP contribution in [0.4, 0.5) is 0 Å². The van der Waals surface area contributed by atoms with E-state index in [-0.39, 0.29) is 12.3 Å². The number of carbonyl (C=O) groups is 1. The minimum Gasteiger partial charge on any atom is -0.493 e. The van der Waals surface area contributed by atoms with Crippen LogP contribution in [0.2, 0.25) is 0 Å². The van der Waals surface area contributed by atoms with E-state index in [0.29, 0.717) is 37.0 Å². The molecule has 6 nitrogen and oxygen atoms in total. The van der Waals surface area contributed by atoms with Gasteiger partial charge in [-0.3, -0.25) is 4.79 Å². The minimum absolute atomic E-state index is 0.0926. The number of hydrogen-bond donors (Lipinski definition) is 1. The predicted molar refractivity (Wildman–Crippen MR) is 123 cm³/mol. The van der Waals surface area contributed by atoms with Gasteiger partial charge in [-0.2, -0.15) is 0 Å². The molecule has 3 aromatic carbocycles. The molecule has 0 aliphatic rings. The third-order valence-electron chi connectivity index (χ3n) is 4.95. The number of methoxy groups -OCH3 is 3. The Hall–Kier alpha value is -3.51. The Labute approximate surface area is 189 Å². The molecule has 168 valence electrons. The summed E-state index contributed by atoms with van der Waals surface area (Å²) >= 11 is 0. The smallest absolute Gasteiger partial charge is 0.224 e. The molecule has 0 aromatic heterocycles. The zero-order valence-electron chi connectivity index (χ0n) is 18.7. The van der Waals surface area contributed by atoms with Crippen molar-refractivity contribution in [2.24, 2.45) is 0 Å². The van der Waals surface area contributed by atoms with Gasteiger partial charge in [0.15, 0.2) is 11.5 Å². The fourth-order valence-corrected chi connectivity index (χ4v) is 3.38. The Morgan fingerprint density at radius 2 is 1.34 bits per heavy atom. The van der Waals surface area contributed by atoms with Crippen molar-refractivity contribution in [3.63, 3.8) is 0 Å². The fourth-order valence-electron chi connectivity index (χ4n) is 3.38. The van der Waals surface area contributed by atoms with Crippen LogP contribution >= 0.6 is 0 Å². The van der Waals surface area contributed by atoms with Crippen LogP contribution in [-0.4, -0.2) is 27.2 Å². The van der Waals surface area contributed by atoms with Crippen LogP contribution in [0.5, 0.6) is 17.2 Å². The highest BCUT2D eigenvalue weighted by Crippen LogP contribution is 2.38. The second-order valence-corrected chi connectivity index (χ2v) is 7.29. The Morgan fingerprint density at radius 1 is 0.719 bits per heavy atom. The highest BCUT2D eigenvalue weighted by Gasteiger charge is 2.15. The first kappa shape index (κ1) is 23.2. The van der Waals surface area contributed by atoms with Gasteiger partial charge < -0.3 is 24.3 Å². The maximum atomic E-state index is 12.5. The molecule has 0 aliphatic heterocycles. The van der Waals surface area contributed by atoms with E-state index in [9.17, 15) is 4.79 Å². The summed E-state index contributed by atoms with van der Waals surface area (Å²) in [6.07, 6.45) is 0.205. The maximum absolute atomic E-state index is 12.5. The summed E-state index contributed by atoms with van der Waals surface area (Å²) in [6, 6.07) is 21.7. The molecular weight excluding hydrogens is 406 g/mol. The molecule has 0 fully saturated rings. The third-order valence-corrected chi connectivity index (χ3v) is 4.95. The van der Waals surface area contributed by atoms with E-state index < -0.39 is 0 Å². The maximum Gasteiger partial charge on any atom is 0.224 e. The molecule has 0 heterocycles. The van der Waals surface area contributed by atoms with Gasteiger partial charge in [0, 0.05) is 6.54 Å². The van der Waals surface area contributed by atoms with Gasteiger partial charge in [0.05, 0.1) is 41.0 Å². The van der Waals surface area contributed by atoms with Crippen LogP contribution in [0.3, 0.4) is 0 Å². The first-order valence-electron chi connectivity index (χ1n) is 10.4. The zero-order valence-corrected chi connectivity index (χ0v) is 18.7. The summed E-state index contributed by atoms with van der Waals surface area (Å²) in [5.74, 6) is 1.46. The normalized spacial score (nSPS) is 10.5. The zero-order chi connectivity index (χ0) is 22.8. The third kappa shape index (κ3) is 6.49. The molecule has 0 atom stereocenters. The lowest BCUT2D eigenvalue weighted by Crippen LogP contribution is -2.24. The van der Waals surface area contributed by atoms with Gasteiger partial charge in [-0.15, -0.1) is 0 Å². The Bertz CT molecular complexity index is 995. The van der Waals surface area contributed by atoms with Crippen molar-refractivity contribution in [1.82, 2.24) is 5.32 Å². The van der Waals surface area contributed by atoms with Crippen molar-refractivity contribution in [3.8, 4) is 17.2 Å². The number of nitrogens with one attached hydrogen (secondary N) is 1. The van der Waals surface area contributed by atoms with Gasteiger partial charge in [0.25, 0.3) is 0 Å². The summed E-state index contributed by atoms with van der Waals surface area (Å²) in [6.45, 7) is 1.52. The molecule has 0 saturated heterocycles. The average Bonchev–Trinajstić information content (AvgIpc) is 2.83. The van der Waals surface area contributed by atoms with E-state index >= 15 is 0 Å². The topological polar surface area (TPSA) is 66.0 Å². The van der Waals surface area contributed by atoms with Gasteiger partial charge in [0.1, 0.15) is 0 Å². The second-order valence-electron chi connectivity index (χ2n) is 7.29. The molecule has 0 spiro atoms. The summed E-state index contributed by atoms with van der Waals surface area (Å²) in [5, 5.41) is 2.97. The van der Waals surface area contributed by atoms with E-state index in [2.05, 4.69) is 5.32 Å². The number of rotatable bonds is 11. The molecule has 0 aliphatic carbocycles. The summed E-state index contributed by atoms with van der Waals surface area (Å²) in [5.41, 5.74) is 4.00. The Balaban J connectivity index is 1.53. The standard InChI is InChI=1S/C26H29NO5/c1-29-23-13-22(14-24(30-2)26(23)31-3)15-25(28)27-16-20-10-7-11-21(12-20)18-32-17-19-8-5-4-6-9-19/h4-14H,15-18H2,1-3H3,(H,27,28). The molecule has 0 radical (unpaired) electrons. The SMILES string of the molecule is COc1cc(CC(=O)NCc2cccc(COCc3ccccc3)c2)cc(OC)c1OC. The Kier molecular flexibility index (Phi) is 8.52. The van der Waals surface area contributed by atoms with E-state index in [1.165, 1.54) is 0 Å². The molecule has 0 unspecified atom stereocenters. The van der Waals surface area contributed by atoms with Gasteiger partial charge in [0.2, 0.25) is 11.7 Å². The highest BCUT2D eigenvalue weighted by molar-refractivity contribution is 5.79. The van der Waals surface area contributed by atoms with Gasteiger partial charge in [-0.05, 0) is 34.4 Å². The molecule has 3 aromatic rings. The van der Waals surface area contributed by atoms with Crippen LogP contribution in [0.1, 0.15) is 22.3 Å². The molecule has 0 saturated carbocycles.